The highest BCUT2D eigenvalue weighted by atomic mass is 19.4. The number of alkyl halides is 3. The van der Waals surface area contributed by atoms with Crippen LogP contribution in [0.25, 0.3) is 5.65 Å². The molecule has 0 atom stereocenters. The van der Waals surface area contributed by atoms with E-state index in [2.05, 4.69) is 20.6 Å². The summed E-state index contributed by atoms with van der Waals surface area (Å²) in [6.07, 6.45) is -4.64. The second-order valence-electron chi connectivity index (χ2n) is 3.87. The highest BCUT2D eigenvalue weighted by molar-refractivity contribution is 5.58. The van der Waals surface area contributed by atoms with Gasteiger partial charge in [-0.3, -0.25) is 0 Å². The van der Waals surface area contributed by atoms with Crippen molar-refractivity contribution in [2.24, 2.45) is 0 Å². The first-order valence-electron chi connectivity index (χ1n) is 5.27. The summed E-state index contributed by atoms with van der Waals surface area (Å²) in [5.74, 6) is -0.984. The van der Waals surface area contributed by atoms with Crippen LogP contribution in [0.1, 0.15) is 17.0 Å². The van der Waals surface area contributed by atoms with E-state index in [-0.39, 0.29) is 18.0 Å². The summed E-state index contributed by atoms with van der Waals surface area (Å²) in [7, 11) is 0. The van der Waals surface area contributed by atoms with Crippen molar-refractivity contribution in [3.05, 3.63) is 17.0 Å². The maximum atomic E-state index is 12.7. The number of anilines is 1. The number of fused-ring (bicyclic) bond motifs is 1. The molecule has 0 unspecified atom stereocenters. The maximum Gasteiger partial charge on any atom is 0.453 e. The zero-order valence-electron chi connectivity index (χ0n) is 10.1. The second-order valence-corrected chi connectivity index (χ2v) is 3.87. The second kappa shape index (κ2) is 4.38. The van der Waals surface area contributed by atoms with E-state index < -0.39 is 12.0 Å². The van der Waals surface area contributed by atoms with E-state index in [1.54, 1.807) is 13.8 Å². The average Bonchev–Trinajstić information content (AvgIpc) is 2.75. The molecule has 9 heteroatoms. The third-order valence-electron chi connectivity index (χ3n) is 2.68. The van der Waals surface area contributed by atoms with Crippen molar-refractivity contribution < 1.29 is 13.2 Å². The van der Waals surface area contributed by atoms with Crippen LogP contribution >= 0.6 is 0 Å². The van der Waals surface area contributed by atoms with Gasteiger partial charge in [-0.25, -0.2) is 0 Å². The predicted octanol–water partition coefficient (Wildman–Crippen LogP) is 1.70. The number of nitrogens with one attached hydrogen (secondary N) is 1. The van der Waals surface area contributed by atoms with Gasteiger partial charge in [0, 0.05) is 5.56 Å². The Morgan fingerprint density at radius 2 is 1.95 bits per heavy atom. The van der Waals surface area contributed by atoms with E-state index in [1.807, 2.05) is 6.07 Å². The van der Waals surface area contributed by atoms with E-state index in [0.717, 1.165) is 0 Å². The molecule has 0 radical (unpaired) electrons. The summed E-state index contributed by atoms with van der Waals surface area (Å²) in [5.41, 5.74) is 1.20. The van der Waals surface area contributed by atoms with Gasteiger partial charge in [0.15, 0.2) is 11.5 Å². The molecule has 0 aliphatic heterocycles. The van der Waals surface area contributed by atoms with Crippen molar-refractivity contribution in [1.82, 2.24) is 19.8 Å². The molecule has 6 nitrogen and oxygen atoms in total. The molecule has 2 aromatic rings. The Bertz CT molecular complexity index is 666. The molecule has 0 saturated heterocycles. The number of hydrogen-bond acceptors (Lipinski definition) is 5. The lowest BCUT2D eigenvalue weighted by Crippen LogP contribution is -2.15. The van der Waals surface area contributed by atoms with E-state index in [0.29, 0.717) is 15.6 Å². The summed E-state index contributed by atoms with van der Waals surface area (Å²) in [5, 5.41) is 21.6. The number of hydrogen-bond donors (Lipinski definition) is 1. The molecule has 0 saturated carbocycles. The van der Waals surface area contributed by atoms with Gasteiger partial charge in [-0.1, -0.05) is 0 Å². The van der Waals surface area contributed by atoms with Gasteiger partial charge in [0.2, 0.25) is 0 Å². The number of rotatable bonds is 2. The minimum atomic E-state index is -4.64. The van der Waals surface area contributed by atoms with Crippen LogP contribution in [0.5, 0.6) is 0 Å². The number of aryl methyl sites for hydroxylation is 1. The van der Waals surface area contributed by atoms with Gasteiger partial charge in [0.05, 0.1) is 6.07 Å². The SMILES string of the molecule is Cc1c(NCC#N)nn2c(C(F)(F)F)nnc2c1C. The number of aromatic nitrogens is 4. The molecule has 19 heavy (non-hydrogen) atoms. The van der Waals surface area contributed by atoms with Gasteiger partial charge in [0.1, 0.15) is 6.54 Å². The number of halogens is 3. The van der Waals surface area contributed by atoms with Crippen molar-refractivity contribution in [3.8, 4) is 6.07 Å². The normalized spacial score (nSPS) is 11.6. The number of nitriles is 1. The van der Waals surface area contributed by atoms with E-state index in [9.17, 15) is 13.2 Å². The maximum absolute atomic E-state index is 12.7. The Morgan fingerprint density at radius 3 is 2.53 bits per heavy atom. The molecular weight excluding hydrogens is 261 g/mol. The minimum Gasteiger partial charge on any atom is -0.355 e. The van der Waals surface area contributed by atoms with Crippen LogP contribution in [-0.4, -0.2) is 26.4 Å². The van der Waals surface area contributed by atoms with Crippen molar-refractivity contribution in [2.75, 3.05) is 11.9 Å². The van der Waals surface area contributed by atoms with Gasteiger partial charge < -0.3 is 5.32 Å². The lowest BCUT2D eigenvalue weighted by Gasteiger charge is -2.10. The van der Waals surface area contributed by atoms with Gasteiger partial charge in [0.25, 0.3) is 5.82 Å². The van der Waals surface area contributed by atoms with Gasteiger partial charge >= 0.3 is 6.18 Å². The first-order chi connectivity index (χ1) is 8.86. The van der Waals surface area contributed by atoms with Crippen LogP contribution in [0.3, 0.4) is 0 Å². The van der Waals surface area contributed by atoms with Crippen molar-refractivity contribution in [3.63, 3.8) is 0 Å². The smallest absolute Gasteiger partial charge is 0.355 e. The lowest BCUT2D eigenvalue weighted by molar-refractivity contribution is -0.146. The molecule has 0 amide bonds. The summed E-state index contributed by atoms with van der Waals surface area (Å²) in [6, 6.07) is 1.84. The summed E-state index contributed by atoms with van der Waals surface area (Å²) < 4.78 is 38.8. The highest BCUT2D eigenvalue weighted by Crippen LogP contribution is 2.29. The molecular formula is C10H9F3N6. The molecule has 2 aromatic heterocycles. The Morgan fingerprint density at radius 1 is 1.26 bits per heavy atom. The van der Waals surface area contributed by atoms with Crippen molar-refractivity contribution in [1.29, 1.82) is 5.26 Å². The fourth-order valence-corrected chi connectivity index (χ4v) is 1.60. The van der Waals surface area contributed by atoms with Gasteiger partial charge in [-0.15, -0.1) is 15.3 Å². The van der Waals surface area contributed by atoms with Crippen LogP contribution in [-0.2, 0) is 6.18 Å². The zero-order chi connectivity index (χ0) is 14.2. The van der Waals surface area contributed by atoms with E-state index in [4.69, 9.17) is 5.26 Å². The Labute approximate surface area is 105 Å². The quantitative estimate of drug-likeness (QED) is 0.840. The molecule has 0 aromatic carbocycles. The van der Waals surface area contributed by atoms with Crippen LogP contribution < -0.4 is 5.32 Å². The Kier molecular flexibility index (Phi) is 3.01. The largest absolute Gasteiger partial charge is 0.453 e. The molecule has 2 heterocycles. The fourth-order valence-electron chi connectivity index (χ4n) is 1.60. The van der Waals surface area contributed by atoms with Crippen molar-refractivity contribution >= 4 is 11.5 Å². The molecule has 1 N–H and O–H groups in total. The Hall–Kier alpha value is -2.37. The van der Waals surface area contributed by atoms with Gasteiger partial charge in [-0.2, -0.15) is 22.9 Å². The summed E-state index contributed by atoms with van der Waals surface area (Å²) in [4.78, 5) is 0. The molecule has 2 rings (SSSR count). The first-order valence-corrected chi connectivity index (χ1v) is 5.27. The first kappa shape index (κ1) is 13.1. The predicted molar refractivity (Wildman–Crippen MR) is 59.4 cm³/mol. The zero-order valence-corrected chi connectivity index (χ0v) is 10.1. The van der Waals surface area contributed by atoms with Crippen molar-refractivity contribution in [2.45, 2.75) is 20.0 Å². The molecule has 0 aliphatic rings. The van der Waals surface area contributed by atoms with Crippen LogP contribution in [0.15, 0.2) is 0 Å². The van der Waals surface area contributed by atoms with Crippen LogP contribution in [0.4, 0.5) is 19.0 Å². The third-order valence-corrected chi connectivity index (χ3v) is 2.68. The average molecular weight is 270 g/mol. The monoisotopic (exact) mass is 270 g/mol. The topological polar surface area (TPSA) is 78.9 Å². The van der Waals surface area contributed by atoms with E-state index >= 15 is 0 Å². The highest BCUT2D eigenvalue weighted by Gasteiger charge is 2.38. The van der Waals surface area contributed by atoms with Crippen LogP contribution in [0.2, 0.25) is 0 Å². The number of nitrogens with zero attached hydrogens (tertiary/aromatic N) is 5. The van der Waals surface area contributed by atoms with Crippen LogP contribution in [0, 0.1) is 25.2 Å². The minimum absolute atomic E-state index is 0.0485. The van der Waals surface area contributed by atoms with Gasteiger partial charge in [-0.05, 0) is 19.4 Å². The third kappa shape index (κ3) is 2.16. The molecule has 0 spiro atoms. The standard InChI is InChI=1S/C10H9F3N6/c1-5-6(2)8-16-17-9(10(11,12)13)19(8)18-7(5)15-4-3-14/h4H2,1-2H3,(H,15,18). The Balaban J connectivity index is 2.67. The lowest BCUT2D eigenvalue weighted by atomic mass is 10.2. The fraction of sp³-hybridized carbons (Fsp3) is 0.400. The summed E-state index contributed by atoms with van der Waals surface area (Å²) in [6.45, 7) is 3.25. The molecule has 0 bridgehead atoms. The summed E-state index contributed by atoms with van der Waals surface area (Å²) >= 11 is 0. The molecule has 0 aliphatic carbocycles. The molecule has 0 fully saturated rings. The van der Waals surface area contributed by atoms with E-state index in [1.165, 1.54) is 0 Å². The molecule has 100 valence electrons.